The quantitative estimate of drug-likeness (QED) is 0.946. The molecule has 4 heteroatoms. The van der Waals surface area contributed by atoms with Gasteiger partial charge in [0.2, 0.25) is 5.91 Å². The lowest BCUT2D eigenvalue weighted by Gasteiger charge is -2.17. The van der Waals surface area contributed by atoms with E-state index in [1.54, 1.807) is 36.4 Å². The fourth-order valence-electron chi connectivity index (χ4n) is 2.92. The highest BCUT2D eigenvalue weighted by atomic mass is 19.1. The van der Waals surface area contributed by atoms with Gasteiger partial charge in [0.15, 0.2) is 0 Å². The second-order valence-electron chi connectivity index (χ2n) is 5.72. The van der Waals surface area contributed by atoms with Gasteiger partial charge in [-0.05, 0) is 41.8 Å². The number of rotatable bonds is 3. The van der Waals surface area contributed by atoms with Crippen molar-refractivity contribution in [3.63, 3.8) is 0 Å². The first-order chi connectivity index (χ1) is 10.6. The summed E-state index contributed by atoms with van der Waals surface area (Å²) >= 11 is 0. The van der Waals surface area contributed by atoms with Gasteiger partial charge in [-0.15, -0.1) is 0 Å². The molecule has 3 rings (SSSR count). The molecule has 114 valence electrons. The number of halogens is 1. The van der Waals surface area contributed by atoms with Crippen LogP contribution in [-0.2, 0) is 11.2 Å². The Hall–Kier alpha value is -2.36. The number of likely N-dealkylation sites (tertiary alicyclic amines) is 1. The van der Waals surface area contributed by atoms with Gasteiger partial charge in [0.25, 0.3) is 0 Å². The standard InChI is InChI=1S/C18H18FNO2/c19-16-3-1-2-14(11-16)15-8-9-20(12-15)18(22)10-13-4-6-17(21)7-5-13/h1-7,11,15,21H,8-10,12H2/t15-/m1/s1. The van der Waals surface area contributed by atoms with Crippen LogP contribution >= 0.6 is 0 Å². The van der Waals surface area contributed by atoms with Crippen molar-refractivity contribution in [2.24, 2.45) is 0 Å². The van der Waals surface area contributed by atoms with Gasteiger partial charge in [0.05, 0.1) is 6.42 Å². The van der Waals surface area contributed by atoms with E-state index in [0.717, 1.165) is 17.5 Å². The van der Waals surface area contributed by atoms with Gasteiger partial charge in [-0.25, -0.2) is 4.39 Å². The molecule has 0 bridgehead atoms. The van der Waals surface area contributed by atoms with Crippen molar-refractivity contribution in [1.82, 2.24) is 4.90 Å². The van der Waals surface area contributed by atoms with Gasteiger partial charge in [0, 0.05) is 19.0 Å². The highest BCUT2D eigenvalue weighted by molar-refractivity contribution is 5.79. The Morgan fingerprint density at radius 3 is 2.73 bits per heavy atom. The Morgan fingerprint density at radius 2 is 2.00 bits per heavy atom. The molecule has 1 amide bonds. The summed E-state index contributed by atoms with van der Waals surface area (Å²) in [5.74, 6) is 0.249. The zero-order valence-corrected chi connectivity index (χ0v) is 12.2. The van der Waals surface area contributed by atoms with E-state index in [9.17, 15) is 14.3 Å². The van der Waals surface area contributed by atoms with Crippen molar-refractivity contribution in [2.75, 3.05) is 13.1 Å². The number of hydrogen-bond donors (Lipinski definition) is 1. The summed E-state index contributed by atoms with van der Waals surface area (Å²) in [6.45, 7) is 1.35. The molecule has 1 saturated heterocycles. The van der Waals surface area contributed by atoms with Crippen molar-refractivity contribution in [3.8, 4) is 5.75 Å². The van der Waals surface area contributed by atoms with Crippen LogP contribution < -0.4 is 0 Å². The first-order valence-corrected chi connectivity index (χ1v) is 7.43. The molecule has 1 N–H and O–H groups in total. The Bertz CT molecular complexity index is 669. The second-order valence-corrected chi connectivity index (χ2v) is 5.72. The number of hydrogen-bond acceptors (Lipinski definition) is 2. The van der Waals surface area contributed by atoms with Gasteiger partial charge in [-0.3, -0.25) is 4.79 Å². The molecule has 0 unspecified atom stereocenters. The van der Waals surface area contributed by atoms with Gasteiger partial charge in [-0.2, -0.15) is 0 Å². The highest BCUT2D eigenvalue weighted by Crippen LogP contribution is 2.28. The zero-order valence-electron chi connectivity index (χ0n) is 12.2. The topological polar surface area (TPSA) is 40.5 Å². The lowest BCUT2D eigenvalue weighted by molar-refractivity contribution is -0.129. The lowest BCUT2D eigenvalue weighted by atomic mass is 9.98. The summed E-state index contributed by atoms with van der Waals surface area (Å²) in [6, 6.07) is 13.3. The van der Waals surface area contributed by atoms with Crippen LogP contribution in [0.2, 0.25) is 0 Å². The fourth-order valence-corrected chi connectivity index (χ4v) is 2.92. The largest absolute Gasteiger partial charge is 0.508 e. The predicted octanol–water partition coefficient (Wildman–Crippen LogP) is 3.09. The monoisotopic (exact) mass is 299 g/mol. The predicted molar refractivity (Wildman–Crippen MR) is 82.1 cm³/mol. The van der Waals surface area contributed by atoms with E-state index >= 15 is 0 Å². The number of phenols is 1. The molecule has 1 heterocycles. The van der Waals surface area contributed by atoms with Crippen LogP contribution in [0, 0.1) is 5.82 Å². The van der Waals surface area contributed by atoms with E-state index in [1.807, 2.05) is 11.0 Å². The van der Waals surface area contributed by atoms with Gasteiger partial charge < -0.3 is 10.0 Å². The molecule has 1 aliphatic heterocycles. The number of nitrogens with zero attached hydrogens (tertiary/aromatic N) is 1. The van der Waals surface area contributed by atoms with Crippen molar-refractivity contribution >= 4 is 5.91 Å². The maximum atomic E-state index is 13.3. The van der Waals surface area contributed by atoms with Crippen molar-refractivity contribution in [1.29, 1.82) is 0 Å². The Labute approximate surface area is 129 Å². The Morgan fingerprint density at radius 1 is 1.23 bits per heavy atom. The molecule has 0 spiro atoms. The number of carbonyl (C=O) groups excluding carboxylic acids is 1. The van der Waals surface area contributed by atoms with Crippen LogP contribution in [0.1, 0.15) is 23.5 Å². The third-order valence-corrected chi connectivity index (χ3v) is 4.15. The summed E-state index contributed by atoms with van der Waals surface area (Å²) in [5.41, 5.74) is 1.84. The highest BCUT2D eigenvalue weighted by Gasteiger charge is 2.27. The molecule has 0 aliphatic carbocycles. The van der Waals surface area contributed by atoms with Crippen LogP contribution in [0.5, 0.6) is 5.75 Å². The Balaban J connectivity index is 1.62. The SMILES string of the molecule is O=C(Cc1ccc(O)cc1)N1CC[C@@H](c2cccc(F)c2)C1. The average molecular weight is 299 g/mol. The maximum Gasteiger partial charge on any atom is 0.227 e. The van der Waals surface area contributed by atoms with Crippen molar-refractivity contribution in [3.05, 3.63) is 65.5 Å². The molecular formula is C18H18FNO2. The molecule has 22 heavy (non-hydrogen) atoms. The van der Waals surface area contributed by atoms with Crippen LogP contribution in [0.4, 0.5) is 4.39 Å². The zero-order chi connectivity index (χ0) is 15.5. The summed E-state index contributed by atoms with van der Waals surface area (Å²) in [6.07, 6.45) is 1.20. The van der Waals surface area contributed by atoms with E-state index in [2.05, 4.69) is 0 Å². The van der Waals surface area contributed by atoms with Gasteiger partial charge in [-0.1, -0.05) is 24.3 Å². The fraction of sp³-hybridized carbons (Fsp3) is 0.278. The third kappa shape index (κ3) is 3.27. The minimum atomic E-state index is -0.230. The van der Waals surface area contributed by atoms with E-state index in [4.69, 9.17) is 0 Å². The van der Waals surface area contributed by atoms with Gasteiger partial charge >= 0.3 is 0 Å². The van der Waals surface area contributed by atoms with E-state index in [-0.39, 0.29) is 23.4 Å². The number of carbonyl (C=O) groups is 1. The number of amides is 1. The van der Waals surface area contributed by atoms with E-state index in [0.29, 0.717) is 19.5 Å². The Kier molecular flexibility index (Phi) is 4.09. The molecule has 1 fully saturated rings. The maximum absolute atomic E-state index is 13.3. The first-order valence-electron chi connectivity index (χ1n) is 7.43. The van der Waals surface area contributed by atoms with E-state index < -0.39 is 0 Å². The molecule has 1 atom stereocenters. The van der Waals surface area contributed by atoms with Gasteiger partial charge in [0.1, 0.15) is 11.6 Å². The van der Waals surface area contributed by atoms with Crippen LogP contribution in [0.3, 0.4) is 0 Å². The number of phenolic OH excluding ortho intramolecular Hbond substituents is 1. The second kappa shape index (κ2) is 6.18. The normalized spacial score (nSPS) is 17.7. The minimum absolute atomic E-state index is 0.0737. The molecule has 0 aromatic heterocycles. The summed E-state index contributed by atoms with van der Waals surface area (Å²) in [4.78, 5) is 14.2. The molecule has 2 aromatic carbocycles. The molecular weight excluding hydrogens is 281 g/mol. The molecule has 0 saturated carbocycles. The van der Waals surface area contributed by atoms with Crippen molar-refractivity contribution < 1.29 is 14.3 Å². The smallest absolute Gasteiger partial charge is 0.227 e. The number of benzene rings is 2. The van der Waals surface area contributed by atoms with Crippen LogP contribution in [0.15, 0.2) is 48.5 Å². The average Bonchev–Trinajstić information content (AvgIpc) is 3.00. The molecule has 1 aliphatic rings. The molecule has 3 nitrogen and oxygen atoms in total. The third-order valence-electron chi connectivity index (χ3n) is 4.15. The minimum Gasteiger partial charge on any atom is -0.508 e. The summed E-state index contributed by atoms with van der Waals surface area (Å²) in [7, 11) is 0. The van der Waals surface area contributed by atoms with E-state index in [1.165, 1.54) is 6.07 Å². The summed E-state index contributed by atoms with van der Waals surface area (Å²) < 4.78 is 13.3. The first kappa shape index (κ1) is 14.6. The lowest BCUT2D eigenvalue weighted by Crippen LogP contribution is -2.29. The molecule has 0 radical (unpaired) electrons. The number of aromatic hydroxyl groups is 1. The summed E-state index contributed by atoms with van der Waals surface area (Å²) in [5, 5.41) is 9.26. The van der Waals surface area contributed by atoms with Crippen molar-refractivity contribution in [2.45, 2.75) is 18.8 Å². The van der Waals surface area contributed by atoms with Crippen LogP contribution in [-0.4, -0.2) is 29.0 Å². The van der Waals surface area contributed by atoms with Crippen LogP contribution in [0.25, 0.3) is 0 Å². The molecule has 2 aromatic rings.